The van der Waals surface area contributed by atoms with Crippen molar-refractivity contribution in [1.29, 1.82) is 0 Å². The van der Waals surface area contributed by atoms with E-state index in [9.17, 15) is 4.79 Å². The number of likely N-dealkylation sites (tertiary alicyclic amines) is 1. The molecule has 3 rings (SSSR count). The Labute approximate surface area is 147 Å². The highest BCUT2D eigenvalue weighted by atomic mass is 32.2. The third kappa shape index (κ3) is 4.54. The number of thioether (sulfide) groups is 1. The largest absolute Gasteiger partial charge is 0.337 e. The van der Waals surface area contributed by atoms with Crippen LogP contribution in [0, 0.1) is 0 Å². The fraction of sp³-hybridized carbons (Fsp3) is 0.444. The average Bonchev–Trinajstić information content (AvgIpc) is 3.15. The maximum Gasteiger partial charge on any atom is 0.317 e. The Morgan fingerprint density at radius 2 is 2.08 bits per heavy atom. The molecule has 0 radical (unpaired) electrons. The van der Waals surface area contributed by atoms with Crippen molar-refractivity contribution in [3.05, 3.63) is 49.1 Å². The van der Waals surface area contributed by atoms with Crippen molar-refractivity contribution < 1.29 is 4.79 Å². The Hall–Kier alpha value is -1.95. The van der Waals surface area contributed by atoms with Crippen LogP contribution in [0.1, 0.15) is 25.8 Å². The van der Waals surface area contributed by atoms with Gasteiger partial charge in [0.2, 0.25) is 0 Å². The topological polar surface area (TPSA) is 50.2 Å². The van der Waals surface area contributed by atoms with E-state index in [-0.39, 0.29) is 6.03 Å². The summed E-state index contributed by atoms with van der Waals surface area (Å²) in [6.45, 7) is 4.42. The summed E-state index contributed by atoms with van der Waals surface area (Å²) in [6, 6.07) is 10.8. The zero-order valence-electron chi connectivity index (χ0n) is 14.0. The van der Waals surface area contributed by atoms with Crippen molar-refractivity contribution in [1.82, 2.24) is 19.8 Å². The highest BCUT2D eigenvalue weighted by molar-refractivity contribution is 8.00. The average molecular weight is 344 g/mol. The predicted octanol–water partition coefficient (Wildman–Crippen LogP) is 3.41. The van der Waals surface area contributed by atoms with E-state index < -0.39 is 0 Å². The van der Waals surface area contributed by atoms with E-state index in [1.54, 1.807) is 11.8 Å². The van der Waals surface area contributed by atoms with E-state index in [0.29, 0.717) is 17.8 Å². The molecule has 1 N–H and O–H groups in total. The molecule has 6 heteroatoms. The number of carbonyl (C=O) groups excluding carboxylic acids is 1. The van der Waals surface area contributed by atoms with Gasteiger partial charge in [-0.15, -0.1) is 11.8 Å². The van der Waals surface area contributed by atoms with Gasteiger partial charge in [0.25, 0.3) is 0 Å². The van der Waals surface area contributed by atoms with E-state index in [4.69, 9.17) is 0 Å². The standard InChI is InChI=1S/C18H24N4OS/c1-15(24-17-5-3-2-4-6-17)13-20-18(23)21-10-7-16(8-11-21)22-12-9-19-14-22/h2-6,9,12,14-16H,7-8,10-11,13H2,1H3,(H,20,23)/t15-/m1/s1. The quantitative estimate of drug-likeness (QED) is 0.846. The highest BCUT2D eigenvalue weighted by Gasteiger charge is 2.23. The van der Waals surface area contributed by atoms with Gasteiger partial charge in [-0.3, -0.25) is 0 Å². The second kappa shape index (κ2) is 8.24. The molecule has 0 bridgehead atoms. The molecule has 0 unspecified atom stereocenters. The van der Waals surface area contributed by atoms with Gasteiger partial charge in [0, 0.05) is 48.2 Å². The number of hydrogen-bond donors (Lipinski definition) is 1. The second-order valence-electron chi connectivity index (χ2n) is 6.16. The van der Waals surface area contributed by atoms with Crippen molar-refractivity contribution in [3.8, 4) is 0 Å². The first-order valence-electron chi connectivity index (χ1n) is 8.44. The van der Waals surface area contributed by atoms with Gasteiger partial charge >= 0.3 is 6.03 Å². The van der Waals surface area contributed by atoms with Crippen molar-refractivity contribution in [2.24, 2.45) is 0 Å². The maximum atomic E-state index is 12.3. The molecule has 0 spiro atoms. The van der Waals surface area contributed by atoms with Crippen LogP contribution in [0.3, 0.4) is 0 Å². The third-order valence-corrected chi connectivity index (χ3v) is 5.43. The smallest absolute Gasteiger partial charge is 0.317 e. The number of nitrogens with zero attached hydrogens (tertiary/aromatic N) is 3. The zero-order valence-corrected chi connectivity index (χ0v) is 14.8. The molecule has 1 atom stereocenters. The van der Waals surface area contributed by atoms with Gasteiger partial charge in [-0.1, -0.05) is 25.1 Å². The first-order chi connectivity index (χ1) is 11.7. The van der Waals surface area contributed by atoms with Crippen molar-refractivity contribution in [2.75, 3.05) is 19.6 Å². The summed E-state index contributed by atoms with van der Waals surface area (Å²) in [5.74, 6) is 0. The van der Waals surface area contributed by atoms with Crippen LogP contribution in [-0.2, 0) is 0 Å². The Kier molecular flexibility index (Phi) is 5.80. The van der Waals surface area contributed by atoms with Gasteiger partial charge in [0.05, 0.1) is 6.33 Å². The number of hydrogen-bond acceptors (Lipinski definition) is 3. The molecule has 2 aromatic rings. The molecular weight excluding hydrogens is 320 g/mol. The number of piperidine rings is 1. The number of benzene rings is 1. The molecule has 0 saturated carbocycles. The number of amides is 2. The monoisotopic (exact) mass is 344 g/mol. The third-order valence-electron chi connectivity index (χ3n) is 4.32. The summed E-state index contributed by atoms with van der Waals surface area (Å²) in [5, 5.41) is 3.42. The molecule has 0 aliphatic carbocycles. The molecule has 2 heterocycles. The summed E-state index contributed by atoms with van der Waals surface area (Å²) in [7, 11) is 0. The van der Waals surface area contributed by atoms with Crippen LogP contribution in [0.15, 0.2) is 53.9 Å². The lowest BCUT2D eigenvalue weighted by atomic mass is 10.1. The van der Waals surface area contributed by atoms with E-state index in [0.717, 1.165) is 25.9 Å². The number of imidazole rings is 1. The number of urea groups is 1. The molecule has 128 valence electrons. The SMILES string of the molecule is C[C@H](CNC(=O)N1CCC(n2ccnc2)CC1)Sc1ccccc1. The minimum atomic E-state index is 0.0552. The van der Waals surface area contributed by atoms with Crippen molar-refractivity contribution in [3.63, 3.8) is 0 Å². The zero-order chi connectivity index (χ0) is 16.8. The van der Waals surface area contributed by atoms with Crippen LogP contribution in [0.4, 0.5) is 4.79 Å². The summed E-state index contributed by atoms with van der Waals surface area (Å²) < 4.78 is 2.15. The lowest BCUT2D eigenvalue weighted by Crippen LogP contribution is -2.46. The van der Waals surface area contributed by atoms with Gasteiger partial charge in [0.1, 0.15) is 0 Å². The molecule has 1 aliphatic heterocycles. The molecular formula is C18H24N4OS. The Bertz CT molecular complexity index is 624. The van der Waals surface area contributed by atoms with Gasteiger partial charge < -0.3 is 14.8 Å². The molecule has 2 amide bonds. The Morgan fingerprint density at radius 3 is 2.75 bits per heavy atom. The van der Waals surface area contributed by atoms with Crippen LogP contribution in [0.2, 0.25) is 0 Å². The molecule has 24 heavy (non-hydrogen) atoms. The number of nitrogens with one attached hydrogen (secondary N) is 1. The van der Waals surface area contributed by atoms with Crippen molar-refractivity contribution >= 4 is 17.8 Å². The lowest BCUT2D eigenvalue weighted by molar-refractivity contribution is 0.172. The number of aromatic nitrogens is 2. The van der Waals surface area contributed by atoms with Crippen molar-refractivity contribution in [2.45, 2.75) is 36.0 Å². The minimum absolute atomic E-state index is 0.0552. The van der Waals surface area contributed by atoms with E-state index in [1.807, 2.05) is 41.8 Å². The van der Waals surface area contributed by atoms with Crippen LogP contribution in [-0.4, -0.2) is 45.4 Å². The molecule has 1 saturated heterocycles. The molecule has 1 aromatic heterocycles. The first kappa shape index (κ1) is 16.9. The fourth-order valence-electron chi connectivity index (χ4n) is 2.97. The van der Waals surface area contributed by atoms with E-state index in [1.165, 1.54) is 4.90 Å². The van der Waals surface area contributed by atoms with Gasteiger partial charge in [-0.25, -0.2) is 9.78 Å². The number of carbonyl (C=O) groups is 1. The van der Waals surface area contributed by atoms with Gasteiger partial charge in [-0.05, 0) is 25.0 Å². The second-order valence-corrected chi connectivity index (χ2v) is 7.67. The summed E-state index contributed by atoms with van der Waals surface area (Å²) in [4.78, 5) is 19.6. The summed E-state index contributed by atoms with van der Waals surface area (Å²) >= 11 is 1.79. The van der Waals surface area contributed by atoms with Crippen LogP contribution >= 0.6 is 11.8 Å². The summed E-state index contributed by atoms with van der Waals surface area (Å²) in [6.07, 6.45) is 7.65. The Balaban J connectivity index is 1.39. The van der Waals surface area contributed by atoms with Crippen LogP contribution in [0.5, 0.6) is 0 Å². The predicted molar refractivity (Wildman–Crippen MR) is 97.2 cm³/mol. The molecule has 1 fully saturated rings. The van der Waals surface area contributed by atoms with Gasteiger partial charge in [-0.2, -0.15) is 0 Å². The number of rotatable bonds is 5. The fourth-order valence-corrected chi connectivity index (χ4v) is 3.91. The lowest BCUT2D eigenvalue weighted by Gasteiger charge is -2.32. The first-order valence-corrected chi connectivity index (χ1v) is 9.32. The minimum Gasteiger partial charge on any atom is -0.337 e. The normalized spacial score (nSPS) is 16.8. The highest BCUT2D eigenvalue weighted by Crippen LogP contribution is 2.23. The van der Waals surface area contributed by atoms with E-state index >= 15 is 0 Å². The van der Waals surface area contributed by atoms with Crippen LogP contribution in [0.25, 0.3) is 0 Å². The van der Waals surface area contributed by atoms with E-state index in [2.05, 4.69) is 33.9 Å². The molecule has 5 nitrogen and oxygen atoms in total. The Morgan fingerprint density at radius 1 is 1.33 bits per heavy atom. The van der Waals surface area contributed by atoms with Crippen LogP contribution < -0.4 is 5.32 Å². The molecule has 1 aromatic carbocycles. The maximum absolute atomic E-state index is 12.3. The van der Waals surface area contributed by atoms with Gasteiger partial charge in [0.15, 0.2) is 0 Å². The molecule has 1 aliphatic rings. The summed E-state index contributed by atoms with van der Waals surface area (Å²) in [5.41, 5.74) is 0.